The Kier molecular flexibility index (Phi) is 10.7. The van der Waals surface area contributed by atoms with E-state index in [0.29, 0.717) is 29.5 Å². The highest BCUT2D eigenvalue weighted by Crippen LogP contribution is 2.43. The van der Waals surface area contributed by atoms with Gasteiger partial charge >= 0.3 is 6.36 Å². The molecule has 41 heavy (non-hydrogen) atoms. The molecule has 0 heterocycles. The Hall–Kier alpha value is -2.25. The highest BCUT2D eigenvalue weighted by Gasteiger charge is 2.35. The standard InChI is InChI=1S/C33H41F7O/c1-3-4-5-6-21-7-11-23(12-8-21)20(2)15-22-9-13-24(14-10-22)25-16-27(34)31(28(35)17-25)26-18-29(36)32(30(37)19-26)41-33(38,39)40/h16-24H,3-15H2,1-2H3. The van der Waals surface area contributed by atoms with Gasteiger partial charge in [0.1, 0.15) is 11.6 Å². The molecule has 1 nitrogen and oxygen atoms in total. The quantitative estimate of drug-likeness (QED) is 0.199. The van der Waals surface area contributed by atoms with Crippen LogP contribution < -0.4 is 4.74 Å². The Morgan fingerprint density at radius 3 is 1.85 bits per heavy atom. The first-order valence-electron chi connectivity index (χ1n) is 15.2. The molecule has 1 unspecified atom stereocenters. The lowest BCUT2D eigenvalue weighted by Gasteiger charge is -2.36. The van der Waals surface area contributed by atoms with Crippen LogP contribution in [0.4, 0.5) is 30.7 Å². The SMILES string of the molecule is CCCCCC1CCC(C(C)CC2CCC(c3cc(F)c(-c4cc(F)c(OC(F)(F)F)c(F)c4)c(F)c3)CC2)CC1. The van der Waals surface area contributed by atoms with Crippen molar-refractivity contribution in [1.29, 1.82) is 0 Å². The van der Waals surface area contributed by atoms with E-state index in [-0.39, 0.29) is 5.92 Å². The van der Waals surface area contributed by atoms with Gasteiger partial charge < -0.3 is 4.74 Å². The van der Waals surface area contributed by atoms with Gasteiger partial charge in [0, 0.05) is 0 Å². The Bertz CT molecular complexity index is 1100. The Balaban J connectivity index is 1.33. The van der Waals surface area contributed by atoms with Crippen LogP contribution in [0.2, 0.25) is 0 Å². The minimum absolute atomic E-state index is 0.0193. The molecular weight excluding hydrogens is 545 g/mol. The molecule has 2 saturated carbocycles. The number of halogens is 7. The van der Waals surface area contributed by atoms with E-state index >= 15 is 8.78 Å². The molecule has 0 amide bonds. The van der Waals surface area contributed by atoms with Gasteiger partial charge in [-0.05, 0) is 110 Å². The van der Waals surface area contributed by atoms with Crippen LogP contribution >= 0.6 is 0 Å². The molecule has 8 heteroatoms. The van der Waals surface area contributed by atoms with E-state index in [1.165, 1.54) is 69.9 Å². The average molecular weight is 587 g/mol. The fourth-order valence-corrected chi connectivity index (χ4v) is 7.20. The van der Waals surface area contributed by atoms with Crippen molar-refractivity contribution in [2.45, 2.75) is 110 Å². The van der Waals surface area contributed by atoms with Crippen molar-refractivity contribution in [3.05, 3.63) is 53.1 Å². The molecule has 0 radical (unpaired) electrons. The van der Waals surface area contributed by atoms with Gasteiger partial charge in [-0.25, -0.2) is 17.6 Å². The van der Waals surface area contributed by atoms with Gasteiger partial charge in [-0.1, -0.05) is 52.4 Å². The average Bonchev–Trinajstić information content (AvgIpc) is 2.91. The van der Waals surface area contributed by atoms with Gasteiger partial charge in [-0.2, -0.15) is 0 Å². The summed E-state index contributed by atoms with van der Waals surface area (Å²) >= 11 is 0. The predicted molar refractivity (Wildman–Crippen MR) is 146 cm³/mol. The second-order valence-electron chi connectivity index (χ2n) is 12.4. The summed E-state index contributed by atoms with van der Waals surface area (Å²) in [5.74, 6) is -4.15. The molecule has 2 fully saturated rings. The first-order valence-corrected chi connectivity index (χ1v) is 15.2. The minimum Gasteiger partial charge on any atom is -0.399 e. The van der Waals surface area contributed by atoms with Crippen LogP contribution in [0, 0.1) is 46.9 Å². The van der Waals surface area contributed by atoms with E-state index in [4.69, 9.17) is 0 Å². The largest absolute Gasteiger partial charge is 0.573 e. The maximum atomic E-state index is 15.1. The van der Waals surface area contributed by atoms with Crippen LogP contribution in [0.3, 0.4) is 0 Å². The Morgan fingerprint density at radius 2 is 1.32 bits per heavy atom. The zero-order valence-electron chi connectivity index (χ0n) is 23.9. The Morgan fingerprint density at radius 1 is 0.756 bits per heavy atom. The van der Waals surface area contributed by atoms with Crippen LogP contribution in [-0.4, -0.2) is 6.36 Å². The summed E-state index contributed by atoms with van der Waals surface area (Å²) in [6.45, 7) is 4.63. The van der Waals surface area contributed by atoms with Gasteiger partial charge in [0.05, 0.1) is 5.56 Å². The summed E-state index contributed by atoms with van der Waals surface area (Å²) in [6.07, 6.45) is 10.2. The van der Waals surface area contributed by atoms with Gasteiger partial charge in [0.25, 0.3) is 0 Å². The molecule has 0 aromatic heterocycles. The van der Waals surface area contributed by atoms with Crippen LogP contribution in [-0.2, 0) is 0 Å². The summed E-state index contributed by atoms with van der Waals surface area (Å²) < 4.78 is 99.1. The highest BCUT2D eigenvalue weighted by molar-refractivity contribution is 5.66. The van der Waals surface area contributed by atoms with Crippen LogP contribution in [0.15, 0.2) is 24.3 Å². The first kappa shape index (κ1) is 31.7. The number of unbranched alkanes of at least 4 members (excludes halogenated alkanes) is 2. The molecule has 0 aliphatic heterocycles. The molecule has 1 atom stereocenters. The normalized spacial score (nSPS) is 24.3. The number of hydrogen-bond donors (Lipinski definition) is 0. The fourth-order valence-electron chi connectivity index (χ4n) is 7.20. The van der Waals surface area contributed by atoms with Crippen molar-refractivity contribution in [1.82, 2.24) is 0 Å². The summed E-state index contributed by atoms with van der Waals surface area (Å²) in [4.78, 5) is 0. The number of alkyl halides is 3. The summed E-state index contributed by atoms with van der Waals surface area (Å²) in [5.41, 5.74) is -0.730. The number of ether oxygens (including phenoxy) is 1. The fraction of sp³-hybridized carbons (Fsp3) is 0.636. The van der Waals surface area contributed by atoms with Crippen molar-refractivity contribution >= 4 is 0 Å². The van der Waals surface area contributed by atoms with Crippen LogP contribution in [0.5, 0.6) is 5.75 Å². The summed E-state index contributed by atoms with van der Waals surface area (Å²) in [5, 5.41) is 0. The molecule has 4 rings (SSSR count). The van der Waals surface area contributed by atoms with Crippen LogP contribution in [0.25, 0.3) is 11.1 Å². The van der Waals surface area contributed by atoms with Gasteiger partial charge in [0.2, 0.25) is 5.75 Å². The smallest absolute Gasteiger partial charge is 0.399 e. The van der Waals surface area contributed by atoms with Crippen molar-refractivity contribution in [3.8, 4) is 16.9 Å². The second kappa shape index (κ2) is 13.8. The molecule has 0 N–H and O–H groups in total. The molecule has 2 aromatic rings. The van der Waals surface area contributed by atoms with E-state index in [9.17, 15) is 22.0 Å². The predicted octanol–water partition coefficient (Wildman–Crippen LogP) is 11.5. The molecule has 0 saturated heterocycles. The van der Waals surface area contributed by atoms with Gasteiger partial charge in [-0.3, -0.25) is 0 Å². The van der Waals surface area contributed by atoms with Gasteiger partial charge in [0.15, 0.2) is 11.6 Å². The molecule has 0 spiro atoms. The van der Waals surface area contributed by atoms with Crippen molar-refractivity contribution in [2.75, 3.05) is 0 Å². The second-order valence-corrected chi connectivity index (χ2v) is 12.4. The van der Waals surface area contributed by atoms with E-state index in [1.807, 2.05) is 0 Å². The Labute approximate surface area is 238 Å². The van der Waals surface area contributed by atoms with Crippen LogP contribution in [0.1, 0.15) is 109 Å². The molecule has 2 aromatic carbocycles. The van der Waals surface area contributed by atoms with Crippen molar-refractivity contribution < 1.29 is 35.5 Å². The topological polar surface area (TPSA) is 9.23 Å². The molecule has 2 aliphatic rings. The lowest BCUT2D eigenvalue weighted by atomic mass is 9.70. The third-order valence-corrected chi connectivity index (χ3v) is 9.50. The first-order chi connectivity index (χ1) is 19.4. The molecule has 228 valence electrons. The number of rotatable bonds is 10. The molecule has 0 bridgehead atoms. The zero-order valence-corrected chi connectivity index (χ0v) is 23.9. The minimum atomic E-state index is -5.31. The third-order valence-electron chi connectivity index (χ3n) is 9.50. The van der Waals surface area contributed by atoms with E-state index in [1.54, 1.807) is 0 Å². The van der Waals surface area contributed by atoms with Crippen molar-refractivity contribution in [2.24, 2.45) is 23.7 Å². The summed E-state index contributed by atoms with van der Waals surface area (Å²) in [7, 11) is 0. The summed E-state index contributed by atoms with van der Waals surface area (Å²) in [6, 6.07) is 3.25. The maximum absolute atomic E-state index is 15.1. The number of hydrogen-bond acceptors (Lipinski definition) is 1. The maximum Gasteiger partial charge on any atom is 0.573 e. The highest BCUT2D eigenvalue weighted by atomic mass is 19.4. The van der Waals surface area contributed by atoms with E-state index < -0.39 is 46.5 Å². The lowest BCUT2D eigenvalue weighted by Crippen LogP contribution is -2.23. The molecular formula is C33H41F7O. The van der Waals surface area contributed by atoms with Gasteiger partial charge in [-0.15, -0.1) is 13.2 Å². The number of benzene rings is 2. The lowest BCUT2D eigenvalue weighted by molar-refractivity contribution is -0.276. The third kappa shape index (κ3) is 8.41. The zero-order chi connectivity index (χ0) is 29.7. The van der Waals surface area contributed by atoms with Crippen molar-refractivity contribution in [3.63, 3.8) is 0 Å². The van der Waals surface area contributed by atoms with E-state index in [2.05, 4.69) is 18.6 Å². The van der Waals surface area contributed by atoms with E-state index in [0.717, 1.165) is 37.5 Å². The monoisotopic (exact) mass is 586 g/mol. The molecule has 2 aliphatic carbocycles.